The van der Waals surface area contributed by atoms with Crippen LogP contribution in [0.4, 0.5) is 4.79 Å². The van der Waals surface area contributed by atoms with Crippen LogP contribution >= 0.6 is 0 Å². The smallest absolute Gasteiger partial charge is 0.318 e. The summed E-state index contributed by atoms with van der Waals surface area (Å²) in [5.41, 5.74) is 5.91. The Bertz CT molecular complexity index is 3040. The molecule has 2 saturated carbocycles. The molecule has 4 aromatic carbocycles. The third-order valence-electron chi connectivity index (χ3n) is 18.4. The van der Waals surface area contributed by atoms with E-state index in [0.717, 1.165) is 129 Å². The van der Waals surface area contributed by atoms with E-state index in [4.69, 9.17) is 9.84 Å². The van der Waals surface area contributed by atoms with E-state index in [1.165, 1.54) is 24.8 Å². The van der Waals surface area contributed by atoms with Crippen LogP contribution in [0.25, 0.3) is 21.8 Å². The molecule has 1 atom stereocenters. The lowest BCUT2D eigenvalue weighted by atomic mass is 9.69. The quantitative estimate of drug-likeness (QED) is 0.114. The average molecular weight is 1030 g/mol. The molecule has 5 heterocycles. The van der Waals surface area contributed by atoms with Crippen molar-refractivity contribution in [2.24, 2.45) is 0 Å². The van der Waals surface area contributed by atoms with Crippen molar-refractivity contribution in [3.63, 3.8) is 0 Å². The number of ether oxygens (including phenoxy) is 1. The number of esters is 1. The number of pyridine rings is 1. The van der Waals surface area contributed by atoms with Crippen LogP contribution in [0.1, 0.15) is 124 Å². The summed E-state index contributed by atoms with van der Waals surface area (Å²) < 4.78 is 9.95. The van der Waals surface area contributed by atoms with E-state index in [2.05, 4.69) is 82.4 Å². The molecule has 3 saturated heterocycles. The molecule has 0 spiro atoms. The molecule has 0 radical (unpaired) electrons. The number of hydrogen-bond acceptors (Lipinski definition) is 8. The molecule has 6 aromatic rings. The predicted molar refractivity (Wildman–Crippen MR) is 299 cm³/mol. The van der Waals surface area contributed by atoms with Crippen molar-refractivity contribution in [3.05, 3.63) is 147 Å². The maximum Gasteiger partial charge on any atom is 0.318 e. The first-order valence-electron chi connectivity index (χ1n) is 28.7. The number of likely N-dealkylation sites (tertiary alicyclic amines) is 2. The minimum Gasteiger partial charge on any atom is -0.443 e. The third-order valence-corrected chi connectivity index (χ3v) is 18.4. The fourth-order valence-corrected chi connectivity index (χ4v) is 14.0. The number of carbonyl (C=O) groups excluding carboxylic acids is 3. The van der Waals surface area contributed by atoms with Crippen molar-refractivity contribution in [1.82, 2.24) is 39.3 Å². The molecular formula is C63H78N8O5. The molecule has 400 valence electrons. The Morgan fingerprint density at radius 3 is 2.04 bits per heavy atom. The zero-order chi connectivity index (χ0) is 52.2. The van der Waals surface area contributed by atoms with E-state index in [1.807, 2.05) is 70.5 Å². The second-order valence-electron chi connectivity index (χ2n) is 23.2. The maximum atomic E-state index is 14.9. The summed E-state index contributed by atoms with van der Waals surface area (Å²) in [6, 6.07) is 34.5. The van der Waals surface area contributed by atoms with Crippen LogP contribution in [0.3, 0.4) is 0 Å². The number of amides is 3. The number of nitrogens with zero attached hydrogens (tertiary/aromatic N) is 7. The summed E-state index contributed by atoms with van der Waals surface area (Å²) in [6.07, 6.45) is 16.4. The first kappa shape index (κ1) is 51.8. The van der Waals surface area contributed by atoms with Gasteiger partial charge in [-0.25, -0.2) is 4.79 Å². The Hall–Kier alpha value is -6.31. The molecule has 13 heteroatoms. The molecule has 3 aliphatic heterocycles. The number of nitrogens with one attached hydrogen (secondary N) is 1. The number of aryl methyl sites for hydroxylation is 1. The lowest BCUT2D eigenvalue weighted by molar-refractivity contribution is -0.156. The average Bonchev–Trinajstić information content (AvgIpc) is 3.92. The topological polar surface area (TPSA) is 125 Å². The van der Waals surface area contributed by atoms with E-state index in [1.54, 1.807) is 4.57 Å². The molecule has 5 fully saturated rings. The normalized spacial score (nSPS) is 20.4. The SMILES string of the molecule is Cc1cc(C[C@@H](NC(=O)N2CCC(c3cc4ccccc4n(COC(=O)C4(c5ccccc5)CCCCC4)c3=O)CC2)C(=O)N2CCN(C3CCN(C)CC3)CC2)cc2cn(CC3(c4ccccc4)CCCCC3)nc12. The van der Waals surface area contributed by atoms with Crippen LogP contribution in [0, 0.1) is 6.92 Å². The summed E-state index contributed by atoms with van der Waals surface area (Å²) in [7, 11) is 2.19. The Labute approximate surface area is 448 Å². The molecular weight excluding hydrogens is 949 g/mol. The van der Waals surface area contributed by atoms with Crippen LogP contribution in [-0.2, 0) is 44.9 Å². The minimum absolute atomic E-state index is 0.0399. The molecule has 13 nitrogen and oxygen atoms in total. The van der Waals surface area contributed by atoms with Gasteiger partial charge in [0.05, 0.1) is 23.0 Å². The predicted octanol–water partition coefficient (Wildman–Crippen LogP) is 9.70. The molecule has 1 N–H and O–H groups in total. The summed E-state index contributed by atoms with van der Waals surface area (Å²) in [5, 5.41) is 10.4. The van der Waals surface area contributed by atoms with E-state index >= 15 is 0 Å². The van der Waals surface area contributed by atoms with Gasteiger partial charge in [0.25, 0.3) is 5.56 Å². The molecule has 3 amide bonds. The van der Waals surface area contributed by atoms with Gasteiger partial charge in [-0.2, -0.15) is 5.10 Å². The summed E-state index contributed by atoms with van der Waals surface area (Å²) in [6.45, 7) is 8.73. The highest BCUT2D eigenvalue weighted by Gasteiger charge is 2.43. The van der Waals surface area contributed by atoms with Gasteiger partial charge >= 0.3 is 12.0 Å². The largest absolute Gasteiger partial charge is 0.443 e. The van der Waals surface area contributed by atoms with Gasteiger partial charge in [0.1, 0.15) is 6.04 Å². The van der Waals surface area contributed by atoms with Crippen molar-refractivity contribution in [3.8, 4) is 0 Å². The number of piperidine rings is 2. The number of carbonyl (C=O) groups is 3. The van der Waals surface area contributed by atoms with Crippen LogP contribution in [0.2, 0.25) is 0 Å². The highest BCUT2D eigenvalue weighted by atomic mass is 16.5. The molecule has 76 heavy (non-hydrogen) atoms. The van der Waals surface area contributed by atoms with Gasteiger partial charge in [-0.15, -0.1) is 0 Å². The van der Waals surface area contributed by atoms with Crippen molar-refractivity contribution in [2.75, 3.05) is 59.4 Å². The van der Waals surface area contributed by atoms with E-state index in [0.29, 0.717) is 57.0 Å². The van der Waals surface area contributed by atoms with E-state index in [-0.39, 0.29) is 41.5 Å². The monoisotopic (exact) mass is 1030 g/mol. The summed E-state index contributed by atoms with van der Waals surface area (Å²) in [5.74, 6) is -0.427. The van der Waals surface area contributed by atoms with Crippen LogP contribution in [0.15, 0.2) is 114 Å². The molecule has 0 unspecified atom stereocenters. The van der Waals surface area contributed by atoms with Gasteiger partial charge in [-0.1, -0.05) is 123 Å². The molecule has 2 aromatic heterocycles. The lowest BCUT2D eigenvalue weighted by Crippen LogP contribution is -2.59. The van der Waals surface area contributed by atoms with Crippen LogP contribution in [-0.4, -0.2) is 123 Å². The number of para-hydroxylation sites is 1. The van der Waals surface area contributed by atoms with Crippen molar-refractivity contribution < 1.29 is 19.1 Å². The highest BCUT2D eigenvalue weighted by Crippen LogP contribution is 2.42. The molecule has 5 aliphatic rings. The number of urea groups is 1. The number of benzene rings is 4. The molecule has 0 bridgehead atoms. The maximum absolute atomic E-state index is 14.9. The standard InChI is InChI=1S/C63H78N8O5/c1-46-39-47(40-50-43-70(65-57(46)50)44-62(27-13-5-14-28-62)51-18-7-3-8-19-51)41-55(59(73)68-37-35-67(36-38-68)53-25-31-66(2)32-26-53)64-61(75)69-33-23-48(24-34-69)54-42-49-17-11-12-22-56(49)71(58(54)72)45-76-60(74)63(29-15-6-16-30-63)52-20-9-4-10-21-52/h3-4,7-12,17-22,39-40,42-43,48,53,55H,5-6,13-16,23-38,41,44-45H2,1-2H3,(H,64,75)/t55-/m1/s1. The number of piperazine rings is 1. The fourth-order valence-electron chi connectivity index (χ4n) is 14.0. The summed E-state index contributed by atoms with van der Waals surface area (Å²) >= 11 is 0. The number of rotatable bonds is 13. The van der Waals surface area contributed by atoms with Gasteiger partial charge in [0, 0.05) is 74.3 Å². The summed E-state index contributed by atoms with van der Waals surface area (Å²) in [4.78, 5) is 66.9. The van der Waals surface area contributed by atoms with Crippen LogP contribution in [0.5, 0.6) is 0 Å². The Morgan fingerprint density at radius 2 is 1.34 bits per heavy atom. The fraction of sp³-hybridized carbons (Fsp3) is 0.508. The zero-order valence-electron chi connectivity index (χ0n) is 45.0. The minimum atomic E-state index is -0.763. The van der Waals surface area contributed by atoms with Gasteiger partial charge in [0.2, 0.25) is 5.91 Å². The first-order chi connectivity index (χ1) is 37.1. The molecule has 11 rings (SSSR count). The van der Waals surface area contributed by atoms with Crippen molar-refractivity contribution in [1.29, 1.82) is 0 Å². The first-order valence-corrected chi connectivity index (χ1v) is 28.7. The third kappa shape index (κ3) is 10.8. The Morgan fingerprint density at radius 1 is 0.697 bits per heavy atom. The Kier molecular flexibility index (Phi) is 15.5. The van der Waals surface area contributed by atoms with Crippen molar-refractivity contribution >= 4 is 39.7 Å². The number of fused-ring (bicyclic) bond motifs is 2. The lowest BCUT2D eigenvalue weighted by Gasteiger charge is -2.43. The highest BCUT2D eigenvalue weighted by molar-refractivity contribution is 5.88. The zero-order valence-corrected chi connectivity index (χ0v) is 45.0. The second kappa shape index (κ2) is 22.7. The van der Waals surface area contributed by atoms with Crippen molar-refractivity contribution in [2.45, 2.75) is 145 Å². The number of hydrogen-bond donors (Lipinski definition) is 1. The second-order valence-corrected chi connectivity index (χ2v) is 23.2. The van der Waals surface area contributed by atoms with E-state index < -0.39 is 11.5 Å². The van der Waals surface area contributed by atoms with Gasteiger partial charge < -0.3 is 24.8 Å². The van der Waals surface area contributed by atoms with E-state index in [9.17, 15) is 19.2 Å². The Balaban J connectivity index is 0.800. The number of aromatic nitrogens is 3. The molecule has 2 aliphatic carbocycles. The van der Waals surface area contributed by atoms with Crippen LogP contribution < -0.4 is 10.9 Å². The van der Waals surface area contributed by atoms with Gasteiger partial charge in [-0.3, -0.25) is 28.5 Å². The van der Waals surface area contributed by atoms with Gasteiger partial charge in [0.15, 0.2) is 6.73 Å². The van der Waals surface area contributed by atoms with Gasteiger partial charge in [-0.05, 0) is 130 Å².